The first-order valence-electron chi connectivity index (χ1n) is 3.46. The summed E-state index contributed by atoms with van der Waals surface area (Å²) in [5.41, 5.74) is 23.0. The van der Waals surface area contributed by atoms with E-state index in [1.54, 1.807) is 0 Å². The van der Waals surface area contributed by atoms with Gasteiger partial charge in [0.05, 0.1) is 0 Å². The van der Waals surface area contributed by atoms with Crippen LogP contribution in [0.3, 0.4) is 0 Å². The Bertz CT molecular complexity index is 195. The van der Waals surface area contributed by atoms with E-state index in [-0.39, 0.29) is 34.3 Å². The summed E-state index contributed by atoms with van der Waals surface area (Å²) in [5, 5.41) is 0. The molecule has 4 nitrogen and oxygen atoms in total. The van der Waals surface area contributed by atoms with Crippen molar-refractivity contribution >= 4 is 92.0 Å². The molecule has 0 aliphatic rings. The third-order valence-electron chi connectivity index (χ3n) is 0.572. The van der Waals surface area contributed by atoms with Gasteiger partial charge < -0.3 is 73.2 Å². The zero-order chi connectivity index (χ0) is 13.4. The van der Waals surface area contributed by atoms with Crippen LogP contribution in [0.5, 0.6) is 0 Å². The van der Waals surface area contributed by atoms with Crippen molar-refractivity contribution in [2.24, 2.45) is 22.9 Å². The van der Waals surface area contributed by atoms with E-state index < -0.39 is 0 Å². The number of rotatable bonds is 3. The van der Waals surface area contributed by atoms with Crippen LogP contribution in [0.15, 0.2) is 0 Å². The summed E-state index contributed by atoms with van der Waals surface area (Å²) < 4.78 is 0.951. The molecule has 8 N–H and O–H groups in total. The third-order valence-corrected chi connectivity index (χ3v) is 2.92. The summed E-state index contributed by atoms with van der Waals surface area (Å²) in [5.74, 6) is 1.74. The number of nitrogens with two attached hydrogens (primary N) is 4. The summed E-state index contributed by atoms with van der Waals surface area (Å²) in [7, 11) is 0. The van der Waals surface area contributed by atoms with E-state index in [9.17, 15) is 0 Å². The minimum atomic E-state index is 0. The predicted octanol–water partition coefficient (Wildman–Crippen LogP) is 1.40. The molecule has 0 bridgehead atoms. The Morgan fingerprint density at radius 3 is 1.11 bits per heavy atom. The molecule has 19 heavy (non-hydrogen) atoms. The fourth-order valence-corrected chi connectivity index (χ4v) is 1.85. The van der Waals surface area contributed by atoms with Crippen molar-refractivity contribution < 1.29 is 19.5 Å². The molecule has 0 amide bonds. The molecule has 0 radical (unpaired) electrons. The molecule has 11 heteroatoms. The fourth-order valence-electron chi connectivity index (χ4n) is 0.285. The second kappa shape index (κ2) is 36.4. The van der Waals surface area contributed by atoms with Gasteiger partial charge >= 0.3 is 0 Å². The maximum Gasteiger partial charge on any atom is 0.131 e. The molecule has 0 fully saturated rings. The van der Waals surface area contributed by atoms with Crippen LogP contribution in [0, 0.1) is 14.9 Å². The Kier molecular flexibility index (Phi) is 70.4. The van der Waals surface area contributed by atoms with Crippen molar-refractivity contribution in [2.75, 3.05) is 11.5 Å². The summed E-state index contributed by atoms with van der Waals surface area (Å²) in [4.78, 5) is 0. The van der Waals surface area contributed by atoms with Crippen molar-refractivity contribution in [3.05, 3.63) is 14.9 Å². The fraction of sp³-hybridized carbons (Fsp3) is 0.250. The van der Waals surface area contributed by atoms with E-state index in [2.05, 4.69) is 60.3 Å². The van der Waals surface area contributed by atoms with E-state index in [0.717, 1.165) is 11.5 Å². The average Bonchev–Trinajstić information content (AvgIpc) is 2.14. The topological polar surface area (TPSA) is 104 Å². The predicted molar refractivity (Wildman–Crippen MR) is 105 cm³/mol. The average molecular weight is 428 g/mol. The van der Waals surface area contributed by atoms with Gasteiger partial charge in [-0.15, -0.1) is 0 Å². The zero-order valence-electron chi connectivity index (χ0n) is 10.9. The largest absolute Gasteiger partial charge is 0.570 e. The normalized spacial score (nSPS) is 6.11. The zero-order valence-corrected chi connectivity index (χ0v) is 18.7. The van der Waals surface area contributed by atoms with Crippen LogP contribution in [-0.2, 0) is 19.5 Å². The van der Waals surface area contributed by atoms with Gasteiger partial charge in [-0.3, -0.25) is 0 Å². The van der Waals surface area contributed by atoms with Crippen molar-refractivity contribution in [2.45, 2.75) is 0 Å². The van der Waals surface area contributed by atoms with Gasteiger partial charge in [0.15, 0.2) is 0 Å². The standard InChI is InChI=1S/C4H8N2S4.2CH2NS.2CH3.Zn/c5-3(7)9-1-2-10-4(6)8;2*2-1-3;;;/h1-2H2,(H2,5,7)(H2,6,8);2*(H2,2,3);2*1H3;/q;4*-1;. The minimum Gasteiger partial charge on any atom is -0.570 e. The van der Waals surface area contributed by atoms with Crippen LogP contribution in [0.2, 0.25) is 0 Å². The maximum absolute atomic E-state index is 5.23. The molecule has 0 atom stereocenters. The molecule has 0 heterocycles. The quantitative estimate of drug-likeness (QED) is 0.173. The molecular weight excluding hydrogens is 410 g/mol. The molecule has 0 saturated carbocycles. The Balaban J connectivity index is -0.0000000406. The van der Waals surface area contributed by atoms with Gasteiger partial charge in [0.25, 0.3) is 0 Å². The summed E-state index contributed by atoms with van der Waals surface area (Å²) in [6.07, 6.45) is 0. The first kappa shape index (κ1) is 36.8. The minimum absolute atomic E-state index is 0. The molecule has 0 aromatic carbocycles. The van der Waals surface area contributed by atoms with Crippen LogP contribution in [-0.4, -0.2) is 31.1 Å². The Labute approximate surface area is 159 Å². The molecule has 0 rings (SSSR count). The van der Waals surface area contributed by atoms with Crippen molar-refractivity contribution in [3.8, 4) is 0 Å². The van der Waals surface area contributed by atoms with Gasteiger partial charge in [-0.1, -0.05) is 48.0 Å². The van der Waals surface area contributed by atoms with E-state index >= 15 is 0 Å². The Morgan fingerprint density at radius 2 is 1.00 bits per heavy atom. The van der Waals surface area contributed by atoms with Gasteiger partial charge in [0.1, 0.15) is 8.64 Å². The van der Waals surface area contributed by atoms with Crippen molar-refractivity contribution in [1.29, 1.82) is 0 Å². The monoisotopic (exact) mass is 426 g/mol. The molecule has 0 aliphatic heterocycles. The summed E-state index contributed by atoms with van der Waals surface area (Å²) >= 11 is 20.0. The van der Waals surface area contributed by atoms with Crippen LogP contribution >= 0.6 is 72.4 Å². The molecule has 0 aliphatic carbocycles. The third kappa shape index (κ3) is 86.6. The first-order valence-corrected chi connectivity index (χ1v) is 7.06. The molecule has 0 aromatic heterocycles. The molecule has 0 aromatic rings. The van der Waals surface area contributed by atoms with Crippen LogP contribution < -0.4 is 22.9 Å². The van der Waals surface area contributed by atoms with E-state index in [1.165, 1.54) is 23.5 Å². The smallest absolute Gasteiger partial charge is 0.131 e. The van der Waals surface area contributed by atoms with E-state index in [0.29, 0.717) is 8.64 Å². The van der Waals surface area contributed by atoms with E-state index in [1.807, 2.05) is 11.0 Å². The van der Waals surface area contributed by atoms with Gasteiger partial charge in [-0.25, -0.2) is 0 Å². The van der Waals surface area contributed by atoms with Crippen molar-refractivity contribution in [3.63, 3.8) is 0 Å². The molecular formula is C8H18N4S6Zn-4. The Morgan fingerprint density at radius 1 is 0.842 bits per heavy atom. The van der Waals surface area contributed by atoms with Crippen LogP contribution in [0.25, 0.3) is 0 Å². The molecule has 112 valence electrons. The maximum atomic E-state index is 5.23. The first-order chi connectivity index (χ1) is 7.45. The van der Waals surface area contributed by atoms with E-state index in [4.69, 9.17) is 11.5 Å². The summed E-state index contributed by atoms with van der Waals surface area (Å²) in [6.45, 7) is 0. The number of hydrogen-bond donors (Lipinski definition) is 4. The molecule has 0 saturated heterocycles. The SMILES string of the molecule is NC(=S)SCCSC(N)=S.N[C-]=S.N[C-]=S.[CH3-].[CH3-].[Zn]. The second-order valence-corrected chi connectivity index (χ2v) is 5.71. The van der Waals surface area contributed by atoms with Gasteiger partial charge in [-0.05, 0) is 0 Å². The number of thioether (sulfide) groups is 2. The molecule has 0 spiro atoms. The Hall–Kier alpha value is 0.883. The van der Waals surface area contributed by atoms with Crippen LogP contribution in [0.4, 0.5) is 0 Å². The number of hydrogen-bond acceptors (Lipinski definition) is 6. The summed E-state index contributed by atoms with van der Waals surface area (Å²) in [6, 6.07) is 0. The van der Waals surface area contributed by atoms with Crippen molar-refractivity contribution in [1.82, 2.24) is 0 Å². The molecule has 0 unspecified atom stereocenters. The van der Waals surface area contributed by atoms with Gasteiger partial charge in [0, 0.05) is 31.0 Å². The van der Waals surface area contributed by atoms with Gasteiger partial charge in [-0.2, -0.15) is 0 Å². The van der Waals surface area contributed by atoms with Crippen LogP contribution in [0.1, 0.15) is 0 Å². The number of thiocarbonyl (C=S) groups is 4. The van der Waals surface area contributed by atoms with Gasteiger partial charge in [0.2, 0.25) is 0 Å². The second-order valence-electron chi connectivity index (χ2n) is 1.57.